The number of carbonyl (C=O) groups excluding carboxylic acids is 2. The van der Waals surface area contributed by atoms with Gasteiger partial charge in [-0.3, -0.25) is 14.4 Å². The van der Waals surface area contributed by atoms with Crippen LogP contribution in [0, 0.1) is 11.3 Å². The van der Waals surface area contributed by atoms with Crippen LogP contribution in [0.2, 0.25) is 0 Å². The lowest BCUT2D eigenvalue weighted by Crippen LogP contribution is -2.49. The van der Waals surface area contributed by atoms with Gasteiger partial charge in [0.1, 0.15) is 6.04 Å². The molecule has 1 aliphatic carbocycles. The van der Waals surface area contributed by atoms with Crippen LogP contribution in [-0.2, 0) is 14.4 Å². The molecule has 1 aliphatic heterocycles. The Morgan fingerprint density at radius 1 is 1.17 bits per heavy atom. The van der Waals surface area contributed by atoms with Crippen LogP contribution < -0.4 is 5.32 Å². The van der Waals surface area contributed by atoms with Crippen molar-refractivity contribution in [2.24, 2.45) is 11.3 Å². The van der Waals surface area contributed by atoms with Crippen molar-refractivity contribution in [3.05, 3.63) is 0 Å². The highest BCUT2D eigenvalue weighted by atomic mass is 16.4. The summed E-state index contributed by atoms with van der Waals surface area (Å²) in [7, 11) is 0. The highest BCUT2D eigenvalue weighted by Gasteiger charge is 2.37. The Hall–Kier alpha value is -1.59. The van der Waals surface area contributed by atoms with Crippen molar-refractivity contribution in [2.75, 3.05) is 6.54 Å². The number of carbonyl (C=O) groups is 3. The van der Waals surface area contributed by atoms with Crippen molar-refractivity contribution in [3.8, 4) is 0 Å². The zero-order valence-electron chi connectivity index (χ0n) is 14.3. The van der Waals surface area contributed by atoms with Crippen molar-refractivity contribution in [3.63, 3.8) is 0 Å². The van der Waals surface area contributed by atoms with E-state index in [1.807, 2.05) is 20.8 Å². The van der Waals surface area contributed by atoms with Crippen LogP contribution in [0.1, 0.15) is 59.3 Å². The van der Waals surface area contributed by atoms with Crippen LogP contribution in [-0.4, -0.2) is 46.4 Å². The highest BCUT2D eigenvalue weighted by Crippen LogP contribution is 2.28. The van der Waals surface area contributed by atoms with E-state index in [4.69, 9.17) is 5.11 Å². The molecule has 2 amide bonds. The molecule has 0 bridgehead atoms. The second-order valence-corrected chi connectivity index (χ2v) is 8.04. The van der Waals surface area contributed by atoms with Crippen molar-refractivity contribution in [1.29, 1.82) is 0 Å². The first kappa shape index (κ1) is 17.8. The van der Waals surface area contributed by atoms with E-state index in [0.717, 1.165) is 6.42 Å². The molecule has 2 fully saturated rings. The van der Waals surface area contributed by atoms with Gasteiger partial charge in [-0.2, -0.15) is 0 Å². The molecule has 6 heteroatoms. The van der Waals surface area contributed by atoms with Crippen molar-refractivity contribution in [1.82, 2.24) is 10.2 Å². The van der Waals surface area contributed by atoms with E-state index in [1.54, 1.807) is 4.90 Å². The van der Waals surface area contributed by atoms with Gasteiger partial charge in [0, 0.05) is 19.0 Å². The molecular formula is C17H28N2O4. The molecule has 0 aromatic heterocycles. The van der Waals surface area contributed by atoms with Gasteiger partial charge < -0.3 is 15.3 Å². The van der Waals surface area contributed by atoms with Gasteiger partial charge >= 0.3 is 5.97 Å². The summed E-state index contributed by atoms with van der Waals surface area (Å²) in [4.78, 5) is 37.6. The molecule has 0 spiro atoms. The maximum Gasteiger partial charge on any atom is 0.306 e. The molecule has 1 saturated carbocycles. The SMILES string of the molecule is CC(C)(C)CC(=O)N1CCCC1C(=O)NC1CCC(C(=O)O)C1. The van der Waals surface area contributed by atoms with Gasteiger partial charge in [-0.1, -0.05) is 20.8 Å². The van der Waals surface area contributed by atoms with Crippen molar-refractivity contribution >= 4 is 17.8 Å². The maximum atomic E-state index is 12.5. The standard InChI is InChI=1S/C17H28N2O4/c1-17(2,3)10-14(20)19-8-4-5-13(19)15(21)18-12-7-6-11(9-12)16(22)23/h11-13H,4-10H2,1-3H3,(H,18,21)(H,22,23). The second-order valence-electron chi connectivity index (χ2n) is 8.04. The zero-order chi connectivity index (χ0) is 17.2. The molecule has 130 valence electrons. The third-order valence-corrected chi connectivity index (χ3v) is 4.69. The monoisotopic (exact) mass is 324 g/mol. The lowest BCUT2D eigenvalue weighted by atomic mass is 9.91. The number of aliphatic carboxylic acids is 1. The minimum Gasteiger partial charge on any atom is -0.481 e. The Morgan fingerprint density at radius 2 is 1.87 bits per heavy atom. The van der Waals surface area contributed by atoms with Gasteiger partial charge in [0.2, 0.25) is 11.8 Å². The molecule has 0 aromatic rings. The first-order chi connectivity index (χ1) is 10.7. The molecule has 3 atom stereocenters. The number of nitrogens with one attached hydrogen (secondary N) is 1. The predicted molar refractivity (Wildman–Crippen MR) is 85.7 cm³/mol. The first-order valence-corrected chi connectivity index (χ1v) is 8.50. The highest BCUT2D eigenvalue weighted by molar-refractivity contribution is 5.88. The molecule has 2 N–H and O–H groups in total. The van der Waals surface area contributed by atoms with Crippen molar-refractivity contribution in [2.45, 2.75) is 71.4 Å². The summed E-state index contributed by atoms with van der Waals surface area (Å²) in [5.41, 5.74) is -0.0964. The number of carboxylic acid groups (broad SMARTS) is 1. The molecule has 2 rings (SSSR count). The Kier molecular flexibility index (Phi) is 5.32. The third kappa shape index (κ3) is 4.69. The van der Waals surface area contributed by atoms with Crippen molar-refractivity contribution < 1.29 is 19.5 Å². The average molecular weight is 324 g/mol. The Labute approximate surface area is 137 Å². The zero-order valence-corrected chi connectivity index (χ0v) is 14.3. The quantitative estimate of drug-likeness (QED) is 0.825. The van der Waals surface area contributed by atoms with Gasteiger partial charge in [-0.15, -0.1) is 0 Å². The predicted octanol–water partition coefficient (Wildman–Crippen LogP) is 1.78. The van der Waals surface area contributed by atoms with E-state index < -0.39 is 12.0 Å². The van der Waals surface area contributed by atoms with Crippen LogP contribution in [0.3, 0.4) is 0 Å². The summed E-state index contributed by atoms with van der Waals surface area (Å²) >= 11 is 0. The number of hydrogen-bond donors (Lipinski definition) is 2. The van der Waals surface area contributed by atoms with Crippen LogP contribution in [0.25, 0.3) is 0 Å². The topological polar surface area (TPSA) is 86.7 Å². The smallest absolute Gasteiger partial charge is 0.306 e. The van der Waals surface area contributed by atoms with E-state index in [2.05, 4.69) is 5.32 Å². The van der Waals surface area contributed by atoms with E-state index >= 15 is 0 Å². The number of rotatable bonds is 4. The molecular weight excluding hydrogens is 296 g/mol. The van der Waals surface area contributed by atoms with Crippen LogP contribution in [0.15, 0.2) is 0 Å². The number of likely N-dealkylation sites (tertiary alicyclic amines) is 1. The Balaban J connectivity index is 1.91. The minimum absolute atomic E-state index is 0.0324. The largest absolute Gasteiger partial charge is 0.481 e. The molecule has 0 aromatic carbocycles. The summed E-state index contributed by atoms with van der Waals surface area (Å²) in [6, 6.07) is -0.475. The van der Waals surface area contributed by atoms with E-state index in [-0.39, 0.29) is 29.2 Å². The Bertz CT molecular complexity index is 483. The van der Waals surface area contributed by atoms with Gasteiger partial charge in [0.15, 0.2) is 0 Å². The van der Waals surface area contributed by atoms with Crippen LogP contribution in [0.4, 0.5) is 0 Å². The first-order valence-electron chi connectivity index (χ1n) is 8.50. The summed E-state index contributed by atoms with van der Waals surface area (Å²) in [6.45, 7) is 6.68. The number of amides is 2. The van der Waals surface area contributed by atoms with Gasteiger partial charge in [0.05, 0.1) is 5.92 Å². The summed E-state index contributed by atoms with van der Waals surface area (Å²) in [6.07, 6.45) is 3.77. The fourth-order valence-electron chi connectivity index (χ4n) is 3.53. The summed E-state index contributed by atoms with van der Waals surface area (Å²) in [5, 5.41) is 12.0. The van der Waals surface area contributed by atoms with Crippen LogP contribution in [0.5, 0.6) is 0 Å². The molecule has 3 unspecified atom stereocenters. The molecule has 6 nitrogen and oxygen atoms in total. The molecule has 1 heterocycles. The molecule has 2 aliphatic rings. The van der Waals surface area contributed by atoms with E-state index in [9.17, 15) is 14.4 Å². The average Bonchev–Trinajstić information content (AvgIpc) is 3.04. The van der Waals surface area contributed by atoms with Gasteiger partial charge in [0.25, 0.3) is 0 Å². The number of carboxylic acids is 1. The van der Waals surface area contributed by atoms with Gasteiger partial charge in [-0.25, -0.2) is 0 Å². The fraction of sp³-hybridized carbons (Fsp3) is 0.824. The van der Waals surface area contributed by atoms with Gasteiger partial charge in [-0.05, 0) is 37.5 Å². The second kappa shape index (κ2) is 6.89. The summed E-state index contributed by atoms with van der Waals surface area (Å²) < 4.78 is 0. The van der Waals surface area contributed by atoms with Crippen LogP contribution >= 0.6 is 0 Å². The maximum absolute atomic E-state index is 12.5. The Morgan fingerprint density at radius 3 is 2.43 bits per heavy atom. The van der Waals surface area contributed by atoms with E-state index in [1.165, 1.54) is 0 Å². The molecule has 1 saturated heterocycles. The molecule has 23 heavy (non-hydrogen) atoms. The lowest BCUT2D eigenvalue weighted by molar-refractivity contribution is -0.141. The number of hydrogen-bond acceptors (Lipinski definition) is 3. The molecule has 0 radical (unpaired) electrons. The minimum atomic E-state index is -0.787. The third-order valence-electron chi connectivity index (χ3n) is 4.69. The summed E-state index contributed by atoms with van der Waals surface area (Å²) in [5.74, 6) is -1.24. The van der Waals surface area contributed by atoms with E-state index in [0.29, 0.717) is 38.6 Å². The lowest BCUT2D eigenvalue weighted by Gasteiger charge is -2.28. The number of nitrogens with zero attached hydrogens (tertiary/aromatic N) is 1. The normalized spacial score (nSPS) is 28.0. The fourth-order valence-corrected chi connectivity index (χ4v) is 3.53.